The first-order chi connectivity index (χ1) is 9.15. The summed E-state index contributed by atoms with van der Waals surface area (Å²) in [6.07, 6.45) is 6.29. The van der Waals surface area contributed by atoms with E-state index in [1.165, 1.54) is 25.7 Å². The molecule has 1 unspecified atom stereocenters. The zero-order valence-electron chi connectivity index (χ0n) is 11.9. The number of piperidine rings is 1. The second kappa shape index (κ2) is 6.89. The van der Waals surface area contributed by atoms with Crippen LogP contribution in [0.2, 0.25) is 0 Å². The summed E-state index contributed by atoms with van der Waals surface area (Å²) in [6.45, 7) is 3.23. The van der Waals surface area contributed by atoms with E-state index < -0.39 is 0 Å². The lowest BCUT2D eigenvalue weighted by Gasteiger charge is -2.30. The molecule has 0 aromatic rings. The summed E-state index contributed by atoms with van der Waals surface area (Å²) in [4.78, 5) is 27.4. The number of nitrogens with one attached hydrogen (secondary N) is 1. The normalized spacial score (nSPS) is 26.1. The minimum atomic E-state index is 0.106. The van der Waals surface area contributed by atoms with Crippen LogP contribution < -0.4 is 5.32 Å². The summed E-state index contributed by atoms with van der Waals surface area (Å²) < 4.78 is 0. The monoisotopic (exact) mass is 267 g/mol. The van der Waals surface area contributed by atoms with Crippen molar-refractivity contribution in [2.24, 2.45) is 0 Å². The van der Waals surface area contributed by atoms with Crippen LogP contribution in [0.25, 0.3) is 0 Å². The van der Waals surface area contributed by atoms with Crippen LogP contribution in [-0.2, 0) is 9.59 Å². The van der Waals surface area contributed by atoms with Gasteiger partial charge in [-0.05, 0) is 32.4 Å². The molecule has 5 heteroatoms. The second-order valence-electron chi connectivity index (χ2n) is 5.77. The summed E-state index contributed by atoms with van der Waals surface area (Å²) >= 11 is 0. The van der Waals surface area contributed by atoms with Crippen LogP contribution in [0.4, 0.5) is 0 Å². The van der Waals surface area contributed by atoms with Crippen molar-refractivity contribution in [2.75, 3.05) is 33.2 Å². The number of rotatable bonds is 3. The van der Waals surface area contributed by atoms with E-state index in [-0.39, 0.29) is 17.9 Å². The highest BCUT2D eigenvalue weighted by Crippen LogP contribution is 2.11. The van der Waals surface area contributed by atoms with E-state index >= 15 is 0 Å². The van der Waals surface area contributed by atoms with Gasteiger partial charge in [-0.1, -0.05) is 12.8 Å². The molecule has 2 amide bonds. The Balaban J connectivity index is 1.73. The summed E-state index contributed by atoms with van der Waals surface area (Å²) in [6, 6.07) is 0.127. The summed E-state index contributed by atoms with van der Waals surface area (Å²) in [5.74, 6) is 0.285. The molecule has 0 bridgehead atoms. The Kier molecular flexibility index (Phi) is 5.19. The van der Waals surface area contributed by atoms with Crippen molar-refractivity contribution in [1.82, 2.24) is 15.1 Å². The van der Waals surface area contributed by atoms with E-state index in [0.717, 1.165) is 19.5 Å². The molecule has 0 aromatic carbocycles. The molecule has 5 nitrogen and oxygen atoms in total. The van der Waals surface area contributed by atoms with Gasteiger partial charge in [-0.2, -0.15) is 0 Å². The quantitative estimate of drug-likeness (QED) is 0.814. The molecule has 2 heterocycles. The highest BCUT2D eigenvalue weighted by Gasteiger charge is 2.24. The van der Waals surface area contributed by atoms with Crippen LogP contribution in [0.3, 0.4) is 0 Å². The van der Waals surface area contributed by atoms with Crippen molar-refractivity contribution < 1.29 is 9.59 Å². The minimum absolute atomic E-state index is 0.106. The van der Waals surface area contributed by atoms with Crippen LogP contribution in [0.1, 0.15) is 38.5 Å². The van der Waals surface area contributed by atoms with Crippen LogP contribution in [0.15, 0.2) is 0 Å². The van der Waals surface area contributed by atoms with E-state index in [0.29, 0.717) is 19.5 Å². The SMILES string of the molecule is CN1CC(NC(=O)CN2CCCCCC2)CCC1=O. The maximum atomic E-state index is 12.0. The molecule has 2 saturated heterocycles. The lowest BCUT2D eigenvalue weighted by Crippen LogP contribution is -2.50. The number of carbonyl (C=O) groups is 2. The lowest BCUT2D eigenvalue weighted by molar-refractivity contribution is -0.134. The second-order valence-corrected chi connectivity index (χ2v) is 5.77. The molecule has 1 atom stereocenters. The molecule has 108 valence electrons. The van der Waals surface area contributed by atoms with Gasteiger partial charge in [0.2, 0.25) is 11.8 Å². The van der Waals surface area contributed by atoms with Gasteiger partial charge in [0, 0.05) is 26.1 Å². The van der Waals surface area contributed by atoms with Gasteiger partial charge >= 0.3 is 0 Å². The minimum Gasteiger partial charge on any atom is -0.350 e. The van der Waals surface area contributed by atoms with Gasteiger partial charge in [-0.15, -0.1) is 0 Å². The molecule has 0 aliphatic carbocycles. The third kappa shape index (κ3) is 4.49. The number of amides is 2. The fourth-order valence-corrected chi connectivity index (χ4v) is 2.90. The van der Waals surface area contributed by atoms with Crippen molar-refractivity contribution in [1.29, 1.82) is 0 Å². The van der Waals surface area contributed by atoms with Gasteiger partial charge < -0.3 is 10.2 Å². The standard InChI is InChI=1S/C14H25N3O2/c1-16-10-12(6-7-14(16)19)15-13(18)11-17-8-4-2-3-5-9-17/h12H,2-11H2,1H3,(H,15,18). The van der Waals surface area contributed by atoms with E-state index in [2.05, 4.69) is 10.2 Å². The Labute approximate surface area is 115 Å². The Morgan fingerprint density at radius 3 is 2.58 bits per heavy atom. The molecule has 2 rings (SSSR count). The topological polar surface area (TPSA) is 52.7 Å². The summed E-state index contributed by atoms with van der Waals surface area (Å²) in [7, 11) is 1.80. The van der Waals surface area contributed by atoms with Crippen molar-refractivity contribution in [3.8, 4) is 0 Å². The Bertz CT molecular complexity index is 325. The highest BCUT2D eigenvalue weighted by atomic mass is 16.2. The predicted octanol–water partition coefficient (Wildman–Crippen LogP) is 0.599. The molecule has 2 aliphatic rings. The first-order valence-corrected chi connectivity index (χ1v) is 7.41. The largest absolute Gasteiger partial charge is 0.350 e. The summed E-state index contributed by atoms with van der Waals surface area (Å²) in [5, 5.41) is 3.06. The molecule has 2 aliphatic heterocycles. The van der Waals surface area contributed by atoms with Crippen LogP contribution in [-0.4, -0.2) is 60.9 Å². The zero-order chi connectivity index (χ0) is 13.7. The molecule has 1 N–H and O–H groups in total. The average Bonchev–Trinajstić information content (AvgIpc) is 2.62. The number of likely N-dealkylation sites (tertiary alicyclic amines) is 2. The van der Waals surface area contributed by atoms with Gasteiger partial charge in [0.15, 0.2) is 0 Å². The average molecular weight is 267 g/mol. The number of hydrogen-bond donors (Lipinski definition) is 1. The molecular weight excluding hydrogens is 242 g/mol. The molecule has 0 spiro atoms. The van der Waals surface area contributed by atoms with Gasteiger partial charge in [0.1, 0.15) is 0 Å². The first-order valence-electron chi connectivity index (χ1n) is 7.41. The van der Waals surface area contributed by atoms with Crippen LogP contribution in [0, 0.1) is 0 Å². The summed E-state index contributed by atoms with van der Waals surface area (Å²) in [5.41, 5.74) is 0. The molecule has 2 fully saturated rings. The third-order valence-corrected chi connectivity index (χ3v) is 4.06. The highest BCUT2D eigenvalue weighted by molar-refractivity contribution is 5.80. The number of hydrogen-bond acceptors (Lipinski definition) is 3. The predicted molar refractivity (Wildman–Crippen MR) is 73.7 cm³/mol. The molecule has 0 aromatic heterocycles. The molecular formula is C14H25N3O2. The van der Waals surface area contributed by atoms with E-state index in [9.17, 15) is 9.59 Å². The fraction of sp³-hybridized carbons (Fsp3) is 0.857. The lowest BCUT2D eigenvalue weighted by atomic mass is 10.1. The van der Waals surface area contributed by atoms with Crippen molar-refractivity contribution in [3.05, 3.63) is 0 Å². The van der Waals surface area contributed by atoms with Crippen molar-refractivity contribution >= 4 is 11.8 Å². The van der Waals surface area contributed by atoms with Crippen LogP contribution in [0.5, 0.6) is 0 Å². The maximum Gasteiger partial charge on any atom is 0.234 e. The van der Waals surface area contributed by atoms with Crippen molar-refractivity contribution in [2.45, 2.75) is 44.6 Å². The van der Waals surface area contributed by atoms with Gasteiger partial charge in [-0.25, -0.2) is 0 Å². The molecule has 0 radical (unpaired) electrons. The van der Waals surface area contributed by atoms with Gasteiger partial charge in [-0.3, -0.25) is 14.5 Å². The van der Waals surface area contributed by atoms with Gasteiger partial charge in [0.25, 0.3) is 0 Å². The number of carbonyl (C=O) groups excluding carboxylic acids is 2. The molecule has 0 saturated carbocycles. The number of likely N-dealkylation sites (N-methyl/N-ethyl adjacent to an activating group) is 1. The van der Waals surface area contributed by atoms with Crippen molar-refractivity contribution in [3.63, 3.8) is 0 Å². The smallest absolute Gasteiger partial charge is 0.234 e. The Morgan fingerprint density at radius 2 is 1.95 bits per heavy atom. The van der Waals surface area contributed by atoms with Crippen LogP contribution >= 0.6 is 0 Å². The Morgan fingerprint density at radius 1 is 1.26 bits per heavy atom. The maximum absolute atomic E-state index is 12.0. The van der Waals surface area contributed by atoms with E-state index in [1.807, 2.05) is 0 Å². The number of nitrogens with zero attached hydrogens (tertiary/aromatic N) is 2. The fourth-order valence-electron chi connectivity index (χ4n) is 2.90. The van der Waals surface area contributed by atoms with E-state index in [1.54, 1.807) is 11.9 Å². The zero-order valence-corrected chi connectivity index (χ0v) is 11.9. The molecule has 19 heavy (non-hydrogen) atoms. The third-order valence-electron chi connectivity index (χ3n) is 4.06. The van der Waals surface area contributed by atoms with Gasteiger partial charge in [0.05, 0.1) is 6.54 Å². The first kappa shape index (κ1) is 14.3. The Hall–Kier alpha value is -1.10. The van der Waals surface area contributed by atoms with E-state index in [4.69, 9.17) is 0 Å².